The zero-order valence-electron chi connectivity index (χ0n) is 9.50. The Kier molecular flexibility index (Phi) is 4.63. The van der Waals surface area contributed by atoms with Crippen LogP contribution in [0.1, 0.15) is 18.9 Å². The van der Waals surface area contributed by atoms with E-state index in [0.717, 1.165) is 29.2 Å². The molecule has 0 heterocycles. The first-order valence-corrected chi connectivity index (χ1v) is 5.52. The molecule has 2 nitrogen and oxygen atoms in total. The fourth-order valence-electron chi connectivity index (χ4n) is 1.39. The van der Waals surface area contributed by atoms with Crippen LogP contribution in [0.2, 0.25) is 5.02 Å². The van der Waals surface area contributed by atoms with Gasteiger partial charge in [0.2, 0.25) is 0 Å². The molecule has 0 aliphatic heterocycles. The van der Waals surface area contributed by atoms with Crippen molar-refractivity contribution in [3.8, 4) is 0 Å². The molecule has 0 aliphatic rings. The molecule has 1 aromatic rings. The summed E-state index contributed by atoms with van der Waals surface area (Å²) in [5.74, 6) is 0. The van der Waals surface area contributed by atoms with Crippen LogP contribution in [0.5, 0.6) is 0 Å². The summed E-state index contributed by atoms with van der Waals surface area (Å²) >= 11 is 5.90. The highest BCUT2D eigenvalue weighted by molar-refractivity contribution is 6.30. The topological polar surface area (TPSA) is 15.6 Å². The molecule has 0 saturated carbocycles. The molecule has 0 aromatic heterocycles. The Morgan fingerprint density at radius 2 is 2.20 bits per heavy atom. The van der Waals surface area contributed by atoms with Gasteiger partial charge in [0, 0.05) is 24.3 Å². The van der Waals surface area contributed by atoms with Crippen LogP contribution in [-0.2, 0) is 0 Å². The standard InChI is InChI=1S/C12H17ClN2/c1-4-7-14-9-15(3)12-6-5-11(13)8-10(12)2/h5-6,8-9H,4,7H2,1-3H3. The predicted molar refractivity (Wildman–Crippen MR) is 68.2 cm³/mol. The molecule has 0 fully saturated rings. The van der Waals surface area contributed by atoms with Crippen molar-refractivity contribution in [2.24, 2.45) is 4.99 Å². The van der Waals surface area contributed by atoms with E-state index in [4.69, 9.17) is 11.6 Å². The van der Waals surface area contributed by atoms with Gasteiger partial charge in [-0.3, -0.25) is 4.99 Å². The fraction of sp³-hybridized carbons (Fsp3) is 0.417. The zero-order valence-corrected chi connectivity index (χ0v) is 10.3. The molecule has 82 valence electrons. The maximum absolute atomic E-state index is 5.90. The van der Waals surface area contributed by atoms with Gasteiger partial charge < -0.3 is 4.90 Å². The summed E-state index contributed by atoms with van der Waals surface area (Å²) in [6, 6.07) is 5.87. The first kappa shape index (κ1) is 12.1. The lowest BCUT2D eigenvalue weighted by molar-refractivity contribution is 0.932. The highest BCUT2D eigenvalue weighted by Gasteiger charge is 2.02. The first-order chi connectivity index (χ1) is 7.15. The van der Waals surface area contributed by atoms with Crippen molar-refractivity contribution in [2.75, 3.05) is 18.5 Å². The number of nitrogens with zero attached hydrogens (tertiary/aromatic N) is 2. The van der Waals surface area contributed by atoms with Gasteiger partial charge in [0.15, 0.2) is 0 Å². The summed E-state index contributed by atoms with van der Waals surface area (Å²) in [5.41, 5.74) is 2.30. The van der Waals surface area contributed by atoms with Crippen LogP contribution < -0.4 is 4.90 Å². The van der Waals surface area contributed by atoms with Crippen molar-refractivity contribution in [1.82, 2.24) is 0 Å². The molecule has 0 radical (unpaired) electrons. The minimum absolute atomic E-state index is 0.773. The summed E-state index contributed by atoms with van der Waals surface area (Å²) in [6.07, 6.45) is 2.93. The van der Waals surface area contributed by atoms with Crippen molar-refractivity contribution in [1.29, 1.82) is 0 Å². The van der Waals surface area contributed by atoms with Crippen LogP contribution in [0.3, 0.4) is 0 Å². The Balaban J connectivity index is 2.77. The average Bonchev–Trinajstić information content (AvgIpc) is 2.17. The third kappa shape index (κ3) is 3.56. The van der Waals surface area contributed by atoms with Gasteiger partial charge in [-0.05, 0) is 37.1 Å². The lowest BCUT2D eigenvalue weighted by Gasteiger charge is -2.16. The van der Waals surface area contributed by atoms with E-state index in [1.165, 1.54) is 0 Å². The van der Waals surface area contributed by atoms with Gasteiger partial charge in [-0.1, -0.05) is 18.5 Å². The zero-order chi connectivity index (χ0) is 11.3. The number of aliphatic imine (C=N–C) groups is 1. The van der Waals surface area contributed by atoms with Crippen LogP contribution in [0, 0.1) is 6.92 Å². The Morgan fingerprint density at radius 1 is 1.47 bits per heavy atom. The number of anilines is 1. The van der Waals surface area contributed by atoms with Crippen LogP contribution in [0.25, 0.3) is 0 Å². The van der Waals surface area contributed by atoms with Crippen molar-refractivity contribution in [3.05, 3.63) is 28.8 Å². The van der Waals surface area contributed by atoms with E-state index in [9.17, 15) is 0 Å². The van der Waals surface area contributed by atoms with Crippen LogP contribution >= 0.6 is 11.6 Å². The number of hydrogen-bond acceptors (Lipinski definition) is 1. The maximum atomic E-state index is 5.90. The summed E-state index contributed by atoms with van der Waals surface area (Å²) in [5, 5.41) is 0.773. The second-order valence-electron chi connectivity index (χ2n) is 3.56. The minimum atomic E-state index is 0.773. The van der Waals surface area contributed by atoms with E-state index in [-0.39, 0.29) is 0 Å². The lowest BCUT2D eigenvalue weighted by Crippen LogP contribution is -2.15. The Morgan fingerprint density at radius 3 is 2.80 bits per heavy atom. The Bertz CT molecular complexity index is 347. The van der Waals surface area contributed by atoms with Crippen molar-refractivity contribution in [2.45, 2.75) is 20.3 Å². The number of halogens is 1. The van der Waals surface area contributed by atoms with Gasteiger partial charge in [0.1, 0.15) is 0 Å². The number of rotatable bonds is 4. The molecule has 0 aliphatic carbocycles. The maximum Gasteiger partial charge on any atom is 0.0891 e. The van der Waals surface area contributed by atoms with Gasteiger partial charge in [-0.2, -0.15) is 0 Å². The molecule has 0 amide bonds. The average molecular weight is 225 g/mol. The van der Waals surface area contributed by atoms with E-state index in [2.05, 4.69) is 11.9 Å². The molecule has 0 atom stereocenters. The third-order valence-electron chi connectivity index (χ3n) is 2.15. The van der Waals surface area contributed by atoms with Gasteiger partial charge in [0.05, 0.1) is 6.34 Å². The van der Waals surface area contributed by atoms with Crippen molar-refractivity contribution >= 4 is 23.6 Å². The third-order valence-corrected chi connectivity index (χ3v) is 2.38. The molecule has 0 unspecified atom stereocenters. The van der Waals surface area contributed by atoms with E-state index in [0.29, 0.717) is 0 Å². The summed E-state index contributed by atoms with van der Waals surface area (Å²) in [6.45, 7) is 5.03. The molecule has 0 bridgehead atoms. The molecule has 0 saturated heterocycles. The fourth-order valence-corrected chi connectivity index (χ4v) is 1.61. The molecule has 0 N–H and O–H groups in total. The van der Waals surface area contributed by atoms with Crippen molar-refractivity contribution < 1.29 is 0 Å². The number of aryl methyl sites for hydroxylation is 1. The minimum Gasteiger partial charge on any atom is -0.336 e. The Hall–Kier alpha value is -1.02. The normalized spacial score (nSPS) is 10.9. The molecule has 1 rings (SSSR count). The number of benzene rings is 1. The van der Waals surface area contributed by atoms with Crippen LogP contribution in [0.4, 0.5) is 5.69 Å². The lowest BCUT2D eigenvalue weighted by atomic mass is 10.2. The van der Waals surface area contributed by atoms with Crippen LogP contribution in [-0.4, -0.2) is 19.9 Å². The molecule has 3 heteroatoms. The van der Waals surface area contributed by atoms with Gasteiger partial charge >= 0.3 is 0 Å². The largest absolute Gasteiger partial charge is 0.336 e. The molecule has 15 heavy (non-hydrogen) atoms. The van der Waals surface area contributed by atoms with Gasteiger partial charge in [-0.25, -0.2) is 0 Å². The number of hydrogen-bond donors (Lipinski definition) is 0. The smallest absolute Gasteiger partial charge is 0.0891 e. The highest BCUT2D eigenvalue weighted by Crippen LogP contribution is 2.21. The van der Waals surface area contributed by atoms with Gasteiger partial charge in [-0.15, -0.1) is 0 Å². The monoisotopic (exact) mass is 224 g/mol. The van der Waals surface area contributed by atoms with E-state index < -0.39 is 0 Å². The molecule has 0 spiro atoms. The summed E-state index contributed by atoms with van der Waals surface area (Å²) in [7, 11) is 2.00. The summed E-state index contributed by atoms with van der Waals surface area (Å²) in [4.78, 5) is 6.31. The highest BCUT2D eigenvalue weighted by atomic mass is 35.5. The molecular formula is C12H17ClN2. The molecule has 1 aromatic carbocycles. The first-order valence-electron chi connectivity index (χ1n) is 5.14. The predicted octanol–water partition coefficient (Wildman–Crippen LogP) is 3.52. The second-order valence-corrected chi connectivity index (χ2v) is 4.00. The van der Waals surface area contributed by atoms with E-state index in [1.807, 2.05) is 43.4 Å². The van der Waals surface area contributed by atoms with Crippen LogP contribution in [0.15, 0.2) is 23.2 Å². The van der Waals surface area contributed by atoms with E-state index >= 15 is 0 Å². The van der Waals surface area contributed by atoms with E-state index in [1.54, 1.807) is 0 Å². The second kappa shape index (κ2) is 5.76. The molecular weight excluding hydrogens is 208 g/mol. The summed E-state index contributed by atoms with van der Waals surface area (Å²) < 4.78 is 0. The quantitative estimate of drug-likeness (QED) is 0.565. The Labute approximate surface area is 96.6 Å². The van der Waals surface area contributed by atoms with Crippen molar-refractivity contribution in [3.63, 3.8) is 0 Å². The SMILES string of the molecule is CCCN=CN(C)c1ccc(Cl)cc1C. The van der Waals surface area contributed by atoms with Gasteiger partial charge in [0.25, 0.3) is 0 Å².